The summed E-state index contributed by atoms with van der Waals surface area (Å²) >= 11 is 0. The molecule has 0 amide bonds. The predicted octanol–water partition coefficient (Wildman–Crippen LogP) is 2.45. The summed E-state index contributed by atoms with van der Waals surface area (Å²) in [6.45, 7) is 7.66. The molecule has 2 N–H and O–H groups in total. The summed E-state index contributed by atoms with van der Waals surface area (Å²) in [4.78, 5) is 4.31. The highest BCUT2D eigenvalue weighted by atomic mass is 16.4. The van der Waals surface area contributed by atoms with E-state index >= 15 is 0 Å². The van der Waals surface area contributed by atoms with E-state index in [-0.39, 0.29) is 6.04 Å². The molecule has 1 unspecified atom stereocenters. The summed E-state index contributed by atoms with van der Waals surface area (Å²) < 4.78 is 5.58. The lowest BCUT2D eigenvalue weighted by Gasteiger charge is -2.07. The average Bonchev–Trinajstić information content (AvgIpc) is 2.93. The maximum atomic E-state index is 5.58. The Bertz CT molecular complexity index is 540. The van der Waals surface area contributed by atoms with Gasteiger partial charge in [0.25, 0.3) is 0 Å². The van der Waals surface area contributed by atoms with Crippen molar-refractivity contribution in [2.24, 2.45) is 0 Å². The molecule has 0 bridgehead atoms. The van der Waals surface area contributed by atoms with Gasteiger partial charge in [-0.1, -0.05) is 18.1 Å². The molecule has 0 aliphatic carbocycles. The van der Waals surface area contributed by atoms with Crippen LogP contribution < -0.4 is 10.6 Å². The third-order valence-corrected chi connectivity index (χ3v) is 3.04. The van der Waals surface area contributed by atoms with Crippen molar-refractivity contribution in [3.05, 3.63) is 35.5 Å². The molecule has 0 fully saturated rings. The molecule has 6 heteroatoms. The second kappa shape index (κ2) is 7.00. The fourth-order valence-corrected chi connectivity index (χ4v) is 1.79. The van der Waals surface area contributed by atoms with E-state index in [9.17, 15) is 0 Å². The van der Waals surface area contributed by atoms with Crippen LogP contribution in [-0.2, 0) is 6.54 Å². The van der Waals surface area contributed by atoms with Crippen LogP contribution in [0.3, 0.4) is 0 Å². The number of hydrogen-bond donors (Lipinski definition) is 2. The highest BCUT2D eigenvalue weighted by Crippen LogP contribution is 2.14. The van der Waals surface area contributed by atoms with E-state index in [1.807, 2.05) is 26.0 Å². The minimum absolute atomic E-state index is 0.0644. The van der Waals surface area contributed by atoms with Crippen LogP contribution in [0.2, 0.25) is 0 Å². The van der Waals surface area contributed by atoms with E-state index in [1.165, 1.54) is 0 Å². The lowest BCUT2D eigenvalue weighted by atomic mass is 10.2. The Labute approximate surface area is 119 Å². The van der Waals surface area contributed by atoms with Crippen molar-refractivity contribution in [2.45, 2.75) is 39.8 Å². The van der Waals surface area contributed by atoms with Gasteiger partial charge in [-0.15, -0.1) is 5.10 Å². The van der Waals surface area contributed by atoms with E-state index in [4.69, 9.17) is 4.42 Å². The Kier molecular flexibility index (Phi) is 5.06. The third-order valence-electron chi connectivity index (χ3n) is 3.04. The van der Waals surface area contributed by atoms with Gasteiger partial charge in [-0.2, -0.15) is 0 Å². The highest BCUT2D eigenvalue weighted by Gasteiger charge is 2.13. The zero-order valence-electron chi connectivity index (χ0n) is 12.2. The lowest BCUT2D eigenvalue weighted by molar-refractivity contribution is 0.423. The Morgan fingerprint density at radius 1 is 1.35 bits per heavy atom. The van der Waals surface area contributed by atoms with Crippen molar-refractivity contribution < 1.29 is 4.42 Å². The molecule has 0 aliphatic heterocycles. The fourth-order valence-electron chi connectivity index (χ4n) is 1.79. The first-order chi connectivity index (χ1) is 9.70. The molecule has 1 atom stereocenters. The van der Waals surface area contributed by atoms with Gasteiger partial charge in [0.15, 0.2) is 0 Å². The van der Waals surface area contributed by atoms with Crippen LogP contribution in [0.15, 0.2) is 22.7 Å². The Morgan fingerprint density at radius 2 is 2.20 bits per heavy atom. The molecule has 2 heterocycles. The van der Waals surface area contributed by atoms with Crippen LogP contribution in [0.25, 0.3) is 0 Å². The minimum Gasteiger partial charge on any atom is -0.406 e. The van der Waals surface area contributed by atoms with Crippen LogP contribution in [-0.4, -0.2) is 21.7 Å². The van der Waals surface area contributed by atoms with Gasteiger partial charge in [-0.25, -0.2) is 0 Å². The Morgan fingerprint density at radius 3 is 2.95 bits per heavy atom. The molecule has 0 aromatic carbocycles. The average molecular weight is 275 g/mol. The number of rotatable bonds is 7. The third kappa shape index (κ3) is 3.77. The number of aryl methyl sites for hydroxylation is 1. The molecule has 108 valence electrons. The molecular formula is C14H21N5O. The molecule has 2 rings (SSSR count). The minimum atomic E-state index is 0.0644. The summed E-state index contributed by atoms with van der Waals surface area (Å²) in [7, 11) is 0. The topological polar surface area (TPSA) is 75.9 Å². The molecule has 2 aromatic rings. The summed E-state index contributed by atoms with van der Waals surface area (Å²) in [5.41, 5.74) is 2.11. The molecular weight excluding hydrogens is 254 g/mol. The largest absolute Gasteiger partial charge is 0.406 e. The van der Waals surface area contributed by atoms with Crippen LogP contribution in [0.4, 0.5) is 6.01 Å². The maximum absolute atomic E-state index is 5.58. The number of nitrogens with one attached hydrogen (secondary N) is 2. The second-order valence-electron chi connectivity index (χ2n) is 4.74. The van der Waals surface area contributed by atoms with Crippen molar-refractivity contribution in [1.82, 2.24) is 20.5 Å². The van der Waals surface area contributed by atoms with Crippen LogP contribution >= 0.6 is 0 Å². The summed E-state index contributed by atoms with van der Waals surface area (Å²) in [6.07, 6.45) is 2.85. The van der Waals surface area contributed by atoms with Gasteiger partial charge < -0.3 is 15.1 Å². The van der Waals surface area contributed by atoms with Gasteiger partial charge in [0.05, 0.1) is 18.3 Å². The molecule has 0 saturated heterocycles. The number of pyridine rings is 1. The van der Waals surface area contributed by atoms with Crippen molar-refractivity contribution in [3.8, 4) is 0 Å². The quantitative estimate of drug-likeness (QED) is 0.808. The van der Waals surface area contributed by atoms with Gasteiger partial charge in [-0.3, -0.25) is 4.98 Å². The van der Waals surface area contributed by atoms with Crippen molar-refractivity contribution in [1.29, 1.82) is 0 Å². The molecule has 2 aromatic heterocycles. The Hall–Kier alpha value is -1.95. The van der Waals surface area contributed by atoms with Crippen molar-refractivity contribution >= 4 is 6.01 Å². The first-order valence-electron chi connectivity index (χ1n) is 6.92. The van der Waals surface area contributed by atoms with Gasteiger partial charge in [-0.05, 0) is 38.4 Å². The second-order valence-corrected chi connectivity index (χ2v) is 4.74. The molecule has 6 nitrogen and oxygen atoms in total. The monoisotopic (exact) mass is 275 g/mol. The van der Waals surface area contributed by atoms with Gasteiger partial charge >= 0.3 is 6.01 Å². The molecule has 20 heavy (non-hydrogen) atoms. The van der Waals surface area contributed by atoms with E-state index < -0.39 is 0 Å². The smallest absolute Gasteiger partial charge is 0.315 e. The Balaban J connectivity index is 1.91. The SMILES string of the molecule is CCCNC(C)c1nnc(NCc2ncccc2C)o1. The zero-order chi connectivity index (χ0) is 14.4. The number of hydrogen-bond acceptors (Lipinski definition) is 6. The molecule has 0 spiro atoms. The van der Waals surface area contributed by atoms with E-state index in [2.05, 4.69) is 32.7 Å². The summed E-state index contributed by atoms with van der Waals surface area (Å²) in [6, 6.07) is 4.44. The first-order valence-corrected chi connectivity index (χ1v) is 6.92. The van der Waals surface area contributed by atoms with Gasteiger partial charge in [0, 0.05) is 6.20 Å². The van der Waals surface area contributed by atoms with Gasteiger partial charge in [0.1, 0.15) is 0 Å². The van der Waals surface area contributed by atoms with Crippen LogP contribution in [0.1, 0.15) is 43.5 Å². The molecule has 0 aliphatic rings. The van der Waals surface area contributed by atoms with Gasteiger partial charge in [0.2, 0.25) is 5.89 Å². The number of aromatic nitrogens is 3. The standard InChI is InChI=1S/C14H21N5O/c1-4-7-15-11(3)13-18-19-14(20-13)17-9-12-10(2)6-5-8-16-12/h5-6,8,11,15H,4,7,9H2,1-3H3,(H,17,19). The van der Waals surface area contributed by atoms with E-state index in [0.717, 1.165) is 24.2 Å². The van der Waals surface area contributed by atoms with Crippen LogP contribution in [0, 0.1) is 6.92 Å². The molecule has 0 saturated carbocycles. The van der Waals surface area contributed by atoms with Crippen molar-refractivity contribution in [3.63, 3.8) is 0 Å². The van der Waals surface area contributed by atoms with E-state index in [1.54, 1.807) is 6.20 Å². The maximum Gasteiger partial charge on any atom is 0.315 e. The summed E-state index contributed by atoms with van der Waals surface area (Å²) in [5.74, 6) is 0.596. The number of anilines is 1. The van der Waals surface area contributed by atoms with E-state index in [0.29, 0.717) is 18.5 Å². The fraction of sp³-hybridized carbons (Fsp3) is 0.500. The first kappa shape index (κ1) is 14.5. The predicted molar refractivity (Wildman–Crippen MR) is 77.3 cm³/mol. The van der Waals surface area contributed by atoms with Crippen LogP contribution in [0.5, 0.6) is 0 Å². The zero-order valence-corrected chi connectivity index (χ0v) is 12.2. The summed E-state index contributed by atoms with van der Waals surface area (Å²) in [5, 5.41) is 14.4. The normalized spacial score (nSPS) is 12.3. The lowest BCUT2D eigenvalue weighted by Crippen LogP contribution is -2.19. The highest BCUT2D eigenvalue weighted by molar-refractivity contribution is 5.24. The van der Waals surface area contributed by atoms with Crippen molar-refractivity contribution in [2.75, 3.05) is 11.9 Å². The number of nitrogens with zero attached hydrogens (tertiary/aromatic N) is 3. The molecule has 0 radical (unpaired) electrons.